The first-order valence-corrected chi connectivity index (χ1v) is 6.05. The molecule has 98 valence electrons. The maximum Gasteiger partial charge on any atom is 0.357 e. The minimum Gasteiger partial charge on any atom is -0.476 e. The summed E-state index contributed by atoms with van der Waals surface area (Å²) in [6.07, 6.45) is 3.56. The van der Waals surface area contributed by atoms with E-state index in [1.54, 1.807) is 11.9 Å². The lowest BCUT2D eigenvalue weighted by molar-refractivity contribution is 0.0644. The topological polar surface area (TPSA) is 75.4 Å². The molecule has 0 saturated carbocycles. The monoisotopic (exact) mass is 251 g/mol. The van der Waals surface area contributed by atoms with Gasteiger partial charge >= 0.3 is 5.97 Å². The van der Waals surface area contributed by atoms with Gasteiger partial charge in [-0.15, -0.1) is 0 Å². The van der Waals surface area contributed by atoms with Gasteiger partial charge in [0.15, 0.2) is 5.69 Å². The van der Waals surface area contributed by atoms with Gasteiger partial charge in [0.05, 0.1) is 5.56 Å². The molecular weight excluding hydrogens is 234 g/mol. The first-order chi connectivity index (χ1) is 8.49. The van der Waals surface area contributed by atoms with Gasteiger partial charge in [-0.1, -0.05) is 6.92 Å². The van der Waals surface area contributed by atoms with Crippen molar-refractivity contribution in [2.45, 2.75) is 19.8 Å². The summed E-state index contributed by atoms with van der Waals surface area (Å²) in [7, 11) is 1.61. The molecule has 1 atom stereocenters. The highest BCUT2D eigenvalue weighted by molar-refractivity contribution is 6.03. The molecule has 1 aliphatic rings. The van der Waals surface area contributed by atoms with E-state index in [1.807, 2.05) is 0 Å². The predicted octanol–water partition coefficient (Wildman–Crippen LogP) is 0.990. The van der Waals surface area contributed by atoms with Crippen molar-refractivity contribution in [2.24, 2.45) is 13.0 Å². The Hall–Kier alpha value is -1.85. The number of hydrogen-bond acceptors (Lipinski definition) is 3. The van der Waals surface area contributed by atoms with E-state index >= 15 is 0 Å². The van der Waals surface area contributed by atoms with Crippen LogP contribution in [0.2, 0.25) is 0 Å². The molecule has 6 nitrogen and oxygen atoms in total. The van der Waals surface area contributed by atoms with E-state index in [0.29, 0.717) is 19.0 Å². The molecule has 1 aromatic heterocycles. The molecule has 1 amide bonds. The molecule has 0 bridgehead atoms. The number of nitrogens with zero attached hydrogens (tertiary/aromatic N) is 3. The average Bonchev–Trinajstić information content (AvgIpc) is 2.70. The first-order valence-electron chi connectivity index (χ1n) is 6.05. The lowest BCUT2D eigenvalue weighted by Crippen LogP contribution is -2.39. The number of carbonyl (C=O) groups is 2. The van der Waals surface area contributed by atoms with Crippen LogP contribution >= 0.6 is 0 Å². The minimum absolute atomic E-state index is 0.166. The number of piperidine rings is 1. The summed E-state index contributed by atoms with van der Waals surface area (Å²) in [5.41, 5.74) is 0.0137. The summed E-state index contributed by atoms with van der Waals surface area (Å²) in [6, 6.07) is 0. The zero-order chi connectivity index (χ0) is 13.3. The molecule has 1 saturated heterocycles. The maximum atomic E-state index is 12.3. The lowest BCUT2D eigenvalue weighted by atomic mass is 9.99. The van der Waals surface area contributed by atoms with Crippen molar-refractivity contribution in [3.8, 4) is 0 Å². The Balaban J connectivity index is 2.25. The van der Waals surface area contributed by atoms with Crippen LogP contribution in [0.3, 0.4) is 0 Å². The Morgan fingerprint density at radius 2 is 2.22 bits per heavy atom. The van der Waals surface area contributed by atoms with Crippen LogP contribution in [0.15, 0.2) is 6.20 Å². The molecule has 1 fully saturated rings. The van der Waals surface area contributed by atoms with Crippen LogP contribution in [-0.2, 0) is 7.05 Å². The second kappa shape index (κ2) is 4.80. The van der Waals surface area contributed by atoms with Gasteiger partial charge in [0.25, 0.3) is 5.91 Å². The number of carboxylic acid groups (broad SMARTS) is 1. The van der Waals surface area contributed by atoms with Gasteiger partial charge in [0.2, 0.25) is 0 Å². The van der Waals surface area contributed by atoms with Crippen molar-refractivity contribution in [1.29, 1.82) is 0 Å². The van der Waals surface area contributed by atoms with Crippen LogP contribution in [0, 0.1) is 5.92 Å². The quantitative estimate of drug-likeness (QED) is 0.850. The van der Waals surface area contributed by atoms with Gasteiger partial charge in [-0.25, -0.2) is 4.79 Å². The molecule has 1 aliphatic heterocycles. The third kappa shape index (κ3) is 2.37. The molecule has 1 aromatic rings. The van der Waals surface area contributed by atoms with Gasteiger partial charge in [0, 0.05) is 26.3 Å². The minimum atomic E-state index is -1.16. The highest BCUT2D eigenvalue weighted by atomic mass is 16.4. The number of carboxylic acids is 1. The maximum absolute atomic E-state index is 12.3. The molecule has 6 heteroatoms. The molecule has 0 aliphatic carbocycles. The third-order valence-electron chi connectivity index (χ3n) is 3.21. The number of carbonyl (C=O) groups excluding carboxylic acids is 1. The zero-order valence-electron chi connectivity index (χ0n) is 10.6. The van der Waals surface area contributed by atoms with E-state index in [1.165, 1.54) is 10.9 Å². The summed E-state index contributed by atoms with van der Waals surface area (Å²) in [6.45, 7) is 3.48. The van der Waals surface area contributed by atoms with Crippen molar-refractivity contribution in [2.75, 3.05) is 13.1 Å². The van der Waals surface area contributed by atoms with E-state index in [0.717, 1.165) is 12.8 Å². The molecule has 18 heavy (non-hydrogen) atoms. The Labute approximate surface area is 105 Å². The van der Waals surface area contributed by atoms with E-state index in [-0.39, 0.29) is 17.2 Å². The summed E-state index contributed by atoms with van der Waals surface area (Å²) in [5, 5.41) is 12.8. The van der Waals surface area contributed by atoms with Gasteiger partial charge in [0.1, 0.15) is 0 Å². The number of likely N-dealkylation sites (tertiary alicyclic amines) is 1. The van der Waals surface area contributed by atoms with Crippen molar-refractivity contribution >= 4 is 11.9 Å². The Morgan fingerprint density at radius 3 is 2.83 bits per heavy atom. The second-order valence-electron chi connectivity index (χ2n) is 4.87. The van der Waals surface area contributed by atoms with Gasteiger partial charge in [-0.2, -0.15) is 5.10 Å². The highest BCUT2D eigenvalue weighted by Crippen LogP contribution is 2.19. The van der Waals surface area contributed by atoms with E-state index in [4.69, 9.17) is 5.11 Å². The molecule has 0 radical (unpaired) electrons. The average molecular weight is 251 g/mol. The smallest absolute Gasteiger partial charge is 0.357 e. The number of amides is 1. The molecule has 1 unspecified atom stereocenters. The summed E-state index contributed by atoms with van der Waals surface area (Å²) < 4.78 is 1.37. The number of hydrogen-bond donors (Lipinski definition) is 1. The number of aromatic carboxylic acids is 1. The van der Waals surface area contributed by atoms with Crippen molar-refractivity contribution in [1.82, 2.24) is 14.7 Å². The van der Waals surface area contributed by atoms with Crippen LogP contribution in [-0.4, -0.2) is 44.8 Å². The SMILES string of the molecule is CC1CCCN(C(=O)c2cn(C)nc2C(=O)O)C1. The predicted molar refractivity (Wildman–Crippen MR) is 64.5 cm³/mol. The Bertz CT molecular complexity index is 481. The van der Waals surface area contributed by atoms with Crippen LogP contribution < -0.4 is 0 Å². The highest BCUT2D eigenvalue weighted by Gasteiger charge is 2.27. The molecule has 2 heterocycles. The van der Waals surface area contributed by atoms with Gasteiger partial charge in [-0.05, 0) is 18.8 Å². The van der Waals surface area contributed by atoms with Crippen LogP contribution in [0.5, 0.6) is 0 Å². The van der Waals surface area contributed by atoms with Crippen LogP contribution in [0.1, 0.15) is 40.6 Å². The summed E-state index contributed by atoms with van der Waals surface area (Å²) in [5.74, 6) is -0.927. The summed E-state index contributed by atoms with van der Waals surface area (Å²) in [4.78, 5) is 25.1. The largest absolute Gasteiger partial charge is 0.476 e. The number of aryl methyl sites for hydroxylation is 1. The Morgan fingerprint density at radius 1 is 1.50 bits per heavy atom. The fourth-order valence-electron chi connectivity index (χ4n) is 2.35. The zero-order valence-corrected chi connectivity index (χ0v) is 10.6. The van der Waals surface area contributed by atoms with Crippen LogP contribution in [0.4, 0.5) is 0 Å². The van der Waals surface area contributed by atoms with Gasteiger partial charge in [-0.3, -0.25) is 9.48 Å². The third-order valence-corrected chi connectivity index (χ3v) is 3.21. The molecule has 1 N–H and O–H groups in total. The normalized spacial score (nSPS) is 19.9. The fourth-order valence-corrected chi connectivity index (χ4v) is 2.35. The molecular formula is C12H17N3O3. The van der Waals surface area contributed by atoms with Crippen molar-refractivity contribution in [3.63, 3.8) is 0 Å². The fraction of sp³-hybridized carbons (Fsp3) is 0.583. The first kappa shape index (κ1) is 12.6. The van der Waals surface area contributed by atoms with Crippen molar-refractivity contribution < 1.29 is 14.7 Å². The molecule has 2 rings (SSSR count). The van der Waals surface area contributed by atoms with Gasteiger partial charge < -0.3 is 10.0 Å². The second-order valence-corrected chi connectivity index (χ2v) is 4.87. The Kier molecular flexibility index (Phi) is 3.36. The van der Waals surface area contributed by atoms with E-state index in [9.17, 15) is 9.59 Å². The van der Waals surface area contributed by atoms with Crippen molar-refractivity contribution in [3.05, 3.63) is 17.5 Å². The number of rotatable bonds is 2. The molecule has 0 aromatic carbocycles. The molecule has 0 spiro atoms. The lowest BCUT2D eigenvalue weighted by Gasteiger charge is -2.30. The standard InChI is InChI=1S/C12H17N3O3/c1-8-4-3-5-15(6-8)11(16)9-7-14(2)13-10(9)12(17)18/h7-8H,3-6H2,1-2H3,(H,17,18). The van der Waals surface area contributed by atoms with E-state index in [2.05, 4.69) is 12.0 Å². The van der Waals surface area contributed by atoms with E-state index < -0.39 is 5.97 Å². The summed E-state index contributed by atoms with van der Waals surface area (Å²) >= 11 is 0. The van der Waals surface area contributed by atoms with Crippen LogP contribution in [0.25, 0.3) is 0 Å². The number of aromatic nitrogens is 2.